The summed E-state index contributed by atoms with van der Waals surface area (Å²) in [4.78, 5) is 3.30. The molecule has 3 heteroatoms. The quantitative estimate of drug-likeness (QED) is 0.816. The molecule has 1 aromatic rings. The van der Waals surface area contributed by atoms with Crippen molar-refractivity contribution in [1.29, 1.82) is 0 Å². The highest BCUT2D eigenvalue weighted by Gasteiger charge is 2.15. The van der Waals surface area contributed by atoms with Crippen molar-refractivity contribution in [2.24, 2.45) is 11.7 Å². The van der Waals surface area contributed by atoms with Crippen LogP contribution in [0, 0.1) is 5.92 Å². The molecule has 0 atom stereocenters. The monoisotopic (exact) mass is 262 g/mol. The molecule has 0 radical (unpaired) electrons. The van der Waals surface area contributed by atoms with Crippen LogP contribution in [0.4, 0.5) is 5.69 Å². The van der Waals surface area contributed by atoms with Gasteiger partial charge in [-0.15, -0.1) is 11.3 Å². The Bertz CT molecular complexity index is 478. The molecule has 0 aliphatic carbocycles. The van der Waals surface area contributed by atoms with Crippen molar-refractivity contribution >= 4 is 22.6 Å². The van der Waals surface area contributed by atoms with E-state index in [0.717, 1.165) is 11.1 Å². The molecule has 0 saturated carbocycles. The summed E-state index contributed by atoms with van der Waals surface area (Å²) in [6.07, 6.45) is 1.92. The molecule has 18 heavy (non-hydrogen) atoms. The Morgan fingerprint density at radius 1 is 1.39 bits per heavy atom. The third-order valence-corrected chi connectivity index (χ3v) is 3.68. The van der Waals surface area contributed by atoms with E-state index in [-0.39, 0.29) is 0 Å². The molecule has 1 aromatic heterocycles. The molecule has 0 unspecified atom stereocenters. The summed E-state index contributed by atoms with van der Waals surface area (Å²) in [5, 5.41) is 2.09. The van der Waals surface area contributed by atoms with Gasteiger partial charge in [-0.25, -0.2) is 0 Å². The third kappa shape index (κ3) is 3.26. The predicted molar refractivity (Wildman–Crippen MR) is 83.9 cm³/mol. The number of anilines is 1. The molecule has 2 nitrogen and oxygen atoms in total. The van der Waals surface area contributed by atoms with Crippen LogP contribution < -0.4 is 10.6 Å². The van der Waals surface area contributed by atoms with E-state index < -0.39 is 0 Å². The fourth-order valence-electron chi connectivity index (χ4n) is 1.81. The molecule has 98 valence electrons. The zero-order valence-electron chi connectivity index (χ0n) is 11.7. The van der Waals surface area contributed by atoms with Crippen molar-refractivity contribution < 1.29 is 0 Å². The van der Waals surface area contributed by atoms with Crippen molar-refractivity contribution in [3.63, 3.8) is 0 Å². The predicted octanol–water partition coefficient (Wildman–Crippen LogP) is 3.88. The van der Waals surface area contributed by atoms with Crippen LogP contribution in [0.5, 0.6) is 0 Å². The van der Waals surface area contributed by atoms with E-state index in [1.165, 1.54) is 10.6 Å². The van der Waals surface area contributed by atoms with E-state index in [1.54, 1.807) is 11.3 Å². The van der Waals surface area contributed by atoms with Gasteiger partial charge in [0, 0.05) is 19.8 Å². The van der Waals surface area contributed by atoms with E-state index in [4.69, 9.17) is 5.73 Å². The van der Waals surface area contributed by atoms with Crippen LogP contribution in [0.1, 0.15) is 18.7 Å². The summed E-state index contributed by atoms with van der Waals surface area (Å²) in [5.41, 5.74) is 9.65. The highest BCUT2D eigenvalue weighted by molar-refractivity contribution is 7.11. The van der Waals surface area contributed by atoms with Crippen LogP contribution >= 0.6 is 11.3 Å². The van der Waals surface area contributed by atoms with Crippen LogP contribution in [0.15, 0.2) is 42.0 Å². The minimum atomic E-state index is 0.370. The summed E-state index contributed by atoms with van der Waals surface area (Å²) in [5.74, 6) is 0.370. The van der Waals surface area contributed by atoms with Gasteiger partial charge in [0.15, 0.2) is 0 Å². The summed E-state index contributed by atoms with van der Waals surface area (Å²) in [6.45, 7) is 12.3. The topological polar surface area (TPSA) is 29.3 Å². The molecule has 0 fully saturated rings. The average Bonchev–Trinajstić information content (AvgIpc) is 2.73. The number of nitrogens with two attached hydrogens (primary N) is 1. The lowest BCUT2D eigenvalue weighted by atomic mass is 9.94. The van der Waals surface area contributed by atoms with Gasteiger partial charge in [0.2, 0.25) is 0 Å². The summed E-state index contributed by atoms with van der Waals surface area (Å²) in [7, 11) is 4.08. The molecule has 0 spiro atoms. The molecule has 1 heterocycles. The summed E-state index contributed by atoms with van der Waals surface area (Å²) >= 11 is 1.71. The molecule has 0 aliphatic rings. The van der Waals surface area contributed by atoms with E-state index in [9.17, 15) is 0 Å². The van der Waals surface area contributed by atoms with E-state index in [2.05, 4.69) is 43.4 Å². The minimum absolute atomic E-state index is 0.370. The minimum Gasteiger partial charge on any atom is -0.399 e. The first-order valence-corrected chi connectivity index (χ1v) is 6.83. The maximum Gasteiger partial charge on any atom is 0.0573 e. The van der Waals surface area contributed by atoms with Gasteiger partial charge in [-0.05, 0) is 34.6 Å². The molecule has 0 aromatic carbocycles. The summed E-state index contributed by atoms with van der Waals surface area (Å²) in [6, 6.07) is 2.11. The highest BCUT2D eigenvalue weighted by atomic mass is 32.1. The van der Waals surface area contributed by atoms with Crippen molar-refractivity contribution in [3.8, 4) is 0 Å². The number of hydrogen-bond donors (Lipinski definition) is 1. The first kappa shape index (κ1) is 14.6. The Hall–Kier alpha value is -1.48. The third-order valence-electron chi connectivity index (χ3n) is 2.71. The largest absolute Gasteiger partial charge is 0.399 e. The van der Waals surface area contributed by atoms with Gasteiger partial charge in [0.1, 0.15) is 0 Å². The van der Waals surface area contributed by atoms with Gasteiger partial charge in [-0.1, -0.05) is 27.0 Å². The lowest BCUT2D eigenvalue weighted by Crippen LogP contribution is -2.10. The van der Waals surface area contributed by atoms with Gasteiger partial charge in [-0.2, -0.15) is 0 Å². The molecule has 2 N–H and O–H groups in total. The lowest BCUT2D eigenvalue weighted by molar-refractivity contribution is 0.796. The zero-order chi connectivity index (χ0) is 13.9. The van der Waals surface area contributed by atoms with E-state index >= 15 is 0 Å². The van der Waals surface area contributed by atoms with Gasteiger partial charge < -0.3 is 10.6 Å². The molecular formula is C15H22N2S. The standard InChI is InChI=1S/C15H22N2S/c1-10(2)13(9-11(3)16)12(4)15-14(17(5)6)7-8-18-15/h7-10H,3-4,16H2,1-2,5-6H3/b13-9+. The van der Waals surface area contributed by atoms with Gasteiger partial charge in [-0.3, -0.25) is 0 Å². The molecular weight excluding hydrogens is 240 g/mol. The average molecular weight is 262 g/mol. The van der Waals surface area contributed by atoms with Crippen LogP contribution in [-0.2, 0) is 0 Å². The number of rotatable bonds is 5. The second kappa shape index (κ2) is 5.91. The second-order valence-corrected chi connectivity index (χ2v) is 5.75. The van der Waals surface area contributed by atoms with E-state index in [0.29, 0.717) is 11.6 Å². The van der Waals surface area contributed by atoms with E-state index in [1.807, 2.05) is 20.2 Å². The Labute approximate surface area is 114 Å². The number of nitrogens with zero attached hydrogens (tertiary/aromatic N) is 1. The Morgan fingerprint density at radius 3 is 2.44 bits per heavy atom. The number of hydrogen-bond acceptors (Lipinski definition) is 3. The molecule has 0 bridgehead atoms. The molecule has 0 amide bonds. The van der Waals surface area contributed by atoms with Gasteiger partial charge in [0.05, 0.1) is 10.6 Å². The van der Waals surface area contributed by atoms with Crippen molar-refractivity contribution in [1.82, 2.24) is 0 Å². The highest BCUT2D eigenvalue weighted by Crippen LogP contribution is 2.37. The molecule has 0 saturated heterocycles. The second-order valence-electron chi connectivity index (χ2n) is 4.84. The maximum atomic E-state index is 5.70. The SMILES string of the molecule is C=C(N)/C=C(/C(=C)c1sccc1N(C)C)C(C)C. The van der Waals surface area contributed by atoms with Crippen molar-refractivity contribution in [2.45, 2.75) is 13.8 Å². The smallest absolute Gasteiger partial charge is 0.0573 e. The summed E-state index contributed by atoms with van der Waals surface area (Å²) < 4.78 is 0. The van der Waals surface area contributed by atoms with Gasteiger partial charge >= 0.3 is 0 Å². The number of allylic oxidation sites excluding steroid dienone is 3. The van der Waals surface area contributed by atoms with Crippen LogP contribution in [0.25, 0.3) is 5.57 Å². The Kier molecular flexibility index (Phi) is 4.79. The van der Waals surface area contributed by atoms with Crippen LogP contribution in [-0.4, -0.2) is 14.1 Å². The van der Waals surface area contributed by atoms with Crippen LogP contribution in [0.3, 0.4) is 0 Å². The number of thiophene rings is 1. The lowest BCUT2D eigenvalue weighted by Gasteiger charge is -2.18. The Morgan fingerprint density at radius 2 is 2.00 bits per heavy atom. The molecule has 0 aliphatic heterocycles. The fourth-order valence-corrected chi connectivity index (χ4v) is 2.78. The van der Waals surface area contributed by atoms with Crippen molar-refractivity contribution in [3.05, 3.63) is 46.8 Å². The normalized spacial score (nSPS) is 11.7. The fraction of sp³-hybridized carbons (Fsp3) is 0.333. The Balaban J connectivity index is 3.19. The first-order chi connectivity index (χ1) is 8.34. The first-order valence-electron chi connectivity index (χ1n) is 5.95. The van der Waals surface area contributed by atoms with Gasteiger partial charge in [0.25, 0.3) is 0 Å². The molecule has 1 rings (SSSR count). The van der Waals surface area contributed by atoms with Crippen molar-refractivity contribution in [2.75, 3.05) is 19.0 Å². The zero-order valence-corrected chi connectivity index (χ0v) is 12.5. The van der Waals surface area contributed by atoms with Crippen LogP contribution in [0.2, 0.25) is 0 Å². The maximum absolute atomic E-state index is 5.70.